The van der Waals surface area contributed by atoms with Gasteiger partial charge in [-0.05, 0) is 36.2 Å². The summed E-state index contributed by atoms with van der Waals surface area (Å²) >= 11 is 6.32. The highest BCUT2D eigenvalue weighted by atomic mass is 35.5. The molecule has 0 fully saturated rings. The highest BCUT2D eigenvalue weighted by Gasteiger charge is 2.20. The van der Waals surface area contributed by atoms with Crippen LogP contribution in [0.4, 0.5) is 0 Å². The van der Waals surface area contributed by atoms with Crippen molar-refractivity contribution in [2.45, 2.75) is 20.3 Å². The standard InChI is InChI=1S/C23H22ClN3O3/c1-13(2)11-19-25-22-20(21(28)15-7-5-6-8-17(15)26(22)3)23(29)27(19)14-9-10-18(30-4)16(24)12-14/h5-10,12-13H,11H2,1-4H3. The molecule has 0 saturated carbocycles. The van der Waals surface area contributed by atoms with Gasteiger partial charge in [0.15, 0.2) is 5.65 Å². The molecule has 0 radical (unpaired) electrons. The van der Waals surface area contributed by atoms with Gasteiger partial charge in [-0.3, -0.25) is 14.2 Å². The summed E-state index contributed by atoms with van der Waals surface area (Å²) in [7, 11) is 3.36. The van der Waals surface area contributed by atoms with Gasteiger partial charge in [0.25, 0.3) is 5.56 Å². The Kier molecular flexibility index (Phi) is 5.12. The second-order valence-corrected chi connectivity index (χ2v) is 8.10. The number of hydrogen-bond acceptors (Lipinski definition) is 4. The molecule has 0 aliphatic heterocycles. The van der Waals surface area contributed by atoms with Gasteiger partial charge in [0.1, 0.15) is 17.0 Å². The van der Waals surface area contributed by atoms with Crippen molar-refractivity contribution in [3.05, 3.63) is 73.9 Å². The van der Waals surface area contributed by atoms with Crippen molar-refractivity contribution in [1.29, 1.82) is 0 Å². The zero-order valence-electron chi connectivity index (χ0n) is 17.3. The van der Waals surface area contributed by atoms with Crippen LogP contribution in [-0.4, -0.2) is 21.2 Å². The van der Waals surface area contributed by atoms with E-state index >= 15 is 0 Å². The summed E-state index contributed by atoms with van der Waals surface area (Å²) in [5.74, 6) is 1.34. The smallest absolute Gasteiger partial charge is 0.271 e. The number of benzene rings is 2. The van der Waals surface area contributed by atoms with E-state index in [4.69, 9.17) is 21.3 Å². The predicted octanol–water partition coefficient (Wildman–Crippen LogP) is 4.10. The number of ether oxygens (including phenoxy) is 1. The zero-order chi connectivity index (χ0) is 21.6. The van der Waals surface area contributed by atoms with Gasteiger partial charge in [-0.2, -0.15) is 0 Å². The molecule has 0 spiro atoms. The third kappa shape index (κ3) is 3.17. The van der Waals surface area contributed by atoms with E-state index in [0.717, 1.165) is 5.52 Å². The maximum absolute atomic E-state index is 13.6. The van der Waals surface area contributed by atoms with E-state index < -0.39 is 5.56 Å². The van der Waals surface area contributed by atoms with Crippen LogP contribution < -0.4 is 15.7 Å². The van der Waals surface area contributed by atoms with Gasteiger partial charge >= 0.3 is 0 Å². The molecule has 0 bridgehead atoms. The van der Waals surface area contributed by atoms with E-state index in [1.54, 1.807) is 30.3 Å². The predicted molar refractivity (Wildman–Crippen MR) is 120 cm³/mol. The Balaban J connectivity index is 2.16. The summed E-state index contributed by atoms with van der Waals surface area (Å²) in [5.41, 5.74) is 0.952. The van der Waals surface area contributed by atoms with E-state index in [1.165, 1.54) is 11.7 Å². The van der Waals surface area contributed by atoms with Crippen LogP contribution in [0.1, 0.15) is 19.7 Å². The van der Waals surface area contributed by atoms with Gasteiger partial charge in [-0.15, -0.1) is 0 Å². The van der Waals surface area contributed by atoms with Crippen molar-refractivity contribution in [2.75, 3.05) is 7.11 Å². The molecule has 30 heavy (non-hydrogen) atoms. The largest absolute Gasteiger partial charge is 0.495 e. The molecule has 0 saturated heterocycles. The van der Waals surface area contributed by atoms with E-state index in [0.29, 0.717) is 39.7 Å². The van der Waals surface area contributed by atoms with Crippen LogP contribution in [-0.2, 0) is 13.5 Å². The average Bonchev–Trinajstić information content (AvgIpc) is 2.71. The zero-order valence-corrected chi connectivity index (χ0v) is 18.0. The van der Waals surface area contributed by atoms with Crippen LogP contribution in [0.15, 0.2) is 52.1 Å². The maximum Gasteiger partial charge on any atom is 0.271 e. The van der Waals surface area contributed by atoms with Gasteiger partial charge in [0.05, 0.1) is 23.3 Å². The molecule has 2 aromatic carbocycles. The van der Waals surface area contributed by atoms with E-state index in [1.807, 2.05) is 23.7 Å². The number of aryl methyl sites for hydroxylation is 1. The molecule has 4 aromatic rings. The Morgan fingerprint density at radius 1 is 1.13 bits per heavy atom. The number of rotatable bonds is 4. The lowest BCUT2D eigenvalue weighted by Gasteiger charge is -2.17. The Bertz CT molecular complexity index is 1400. The number of para-hydroxylation sites is 1. The summed E-state index contributed by atoms with van der Waals surface area (Å²) in [6.07, 6.45) is 0.565. The summed E-state index contributed by atoms with van der Waals surface area (Å²) in [4.78, 5) is 31.7. The third-order valence-corrected chi connectivity index (χ3v) is 5.47. The van der Waals surface area contributed by atoms with Gasteiger partial charge in [-0.25, -0.2) is 4.98 Å². The third-order valence-electron chi connectivity index (χ3n) is 5.17. The molecule has 0 aliphatic carbocycles. The number of aromatic nitrogens is 3. The summed E-state index contributed by atoms with van der Waals surface area (Å²) < 4.78 is 8.52. The Morgan fingerprint density at radius 3 is 2.53 bits per heavy atom. The second kappa shape index (κ2) is 7.61. The fraction of sp³-hybridized carbons (Fsp3) is 0.261. The number of halogens is 1. The quantitative estimate of drug-likeness (QED) is 0.463. The van der Waals surface area contributed by atoms with Crippen molar-refractivity contribution in [2.24, 2.45) is 13.0 Å². The lowest BCUT2D eigenvalue weighted by atomic mass is 10.1. The first-order valence-electron chi connectivity index (χ1n) is 9.70. The van der Waals surface area contributed by atoms with Crippen molar-refractivity contribution in [1.82, 2.24) is 14.1 Å². The first-order chi connectivity index (χ1) is 14.3. The van der Waals surface area contributed by atoms with Crippen LogP contribution in [0.2, 0.25) is 5.02 Å². The Hall–Kier alpha value is -3.12. The number of methoxy groups -OCH3 is 1. The fourth-order valence-corrected chi connectivity index (χ4v) is 4.02. The Labute approximate surface area is 178 Å². The molecule has 6 nitrogen and oxygen atoms in total. The minimum absolute atomic E-state index is 0.0654. The van der Waals surface area contributed by atoms with Crippen molar-refractivity contribution in [3.63, 3.8) is 0 Å². The van der Waals surface area contributed by atoms with Crippen LogP contribution in [0.5, 0.6) is 5.75 Å². The number of pyridine rings is 1. The van der Waals surface area contributed by atoms with E-state index in [2.05, 4.69) is 13.8 Å². The summed E-state index contributed by atoms with van der Waals surface area (Å²) in [6, 6.07) is 12.3. The molecule has 0 N–H and O–H groups in total. The number of fused-ring (bicyclic) bond motifs is 2. The molecule has 2 heterocycles. The van der Waals surface area contributed by atoms with Crippen molar-refractivity contribution >= 4 is 33.5 Å². The van der Waals surface area contributed by atoms with Crippen LogP contribution >= 0.6 is 11.6 Å². The van der Waals surface area contributed by atoms with E-state index in [9.17, 15) is 9.59 Å². The van der Waals surface area contributed by atoms with Crippen molar-refractivity contribution < 1.29 is 4.74 Å². The molecule has 4 rings (SSSR count). The molecule has 0 unspecified atom stereocenters. The van der Waals surface area contributed by atoms with Crippen LogP contribution in [0, 0.1) is 5.92 Å². The molecule has 2 aromatic heterocycles. The fourth-order valence-electron chi connectivity index (χ4n) is 3.76. The first-order valence-corrected chi connectivity index (χ1v) is 10.1. The summed E-state index contributed by atoms with van der Waals surface area (Å²) in [6.45, 7) is 4.11. The molecular formula is C23H22ClN3O3. The second-order valence-electron chi connectivity index (χ2n) is 7.69. The van der Waals surface area contributed by atoms with E-state index in [-0.39, 0.29) is 16.7 Å². The van der Waals surface area contributed by atoms with Gasteiger partial charge < -0.3 is 9.30 Å². The SMILES string of the molecule is COc1ccc(-n2c(CC(C)C)nc3c(c(=O)c4ccccc4n3C)c2=O)cc1Cl. The molecule has 0 aliphatic rings. The van der Waals surface area contributed by atoms with Gasteiger partial charge in [0, 0.05) is 18.9 Å². The molecule has 154 valence electrons. The molecule has 0 atom stereocenters. The summed E-state index contributed by atoms with van der Waals surface area (Å²) in [5, 5.41) is 0.932. The molecular weight excluding hydrogens is 402 g/mol. The lowest BCUT2D eigenvalue weighted by molar-refractivity contribution is 0.415. The minimum atomic E-state index is -0.400. The first kappa shape index (κ1) is 20.2. The van der Waals surface area contributed by atoms with Gasteiger partial charge in [-0.1, -0.05) is 37.6 Å². The van der Waals surface area contributed by atoms with Crippen molar-refractivity contribution in [3.8, 4) is 11.4 Å². The molecule has 7 heteroatoms. The Morgan fingerprint density at radius 2 is 1.87 bits per heavy atom. The topological polar surface area (TPSA) is 66.1 Å². The minimum Gasteiger partial charge on any atom is -0.495 e. The monoisotopic (exact) mass is 423 g/mol. The normalized spacial score (nSPS) is 11.5. The number of nitrogens with zero attached hydrogens (tertiary/aromatic N) is 3. The maximum atomic E-state index is 13.6. The average molecular weight is 424 g/mol. The van der Waals surface area contributed by atoms with Gasteiger partial charge in [0.2, 0.25) is 5.43 Å². The van der Waals surface area contributed by atoms with Crippen LogP contribution in [0.3, 0.4) is 0 Å². The highest BCUT2D eigenvalue weighted by molar-refractivity contribution is 6.32. The number of hydrogen-bond donors (Lipinski definition) is 0. The van der Waals surface area contributed by atoms with Crippen LogP contribution in [0.25, 0.3) is 27.6 Å². The highest BCUT2D eigenvalue weighted by Crippen LogP contribution is 2.27. The molecule has 0 amide bonds. The lowest BCUT2D eigenvalue weighted by Crippen LogP contribution is -2.30.